The van der Waals surface area contributed by atoms with E-state index in [1.54, 1.807) is 12.1 Å². The van der Waals surface area contributed by atoms with Crippen molar-refractivity contribution >= 4 is 0 Å². The van der Waals surface area contributed by atoms with Crippen LogP contribution in [0.4, 0.5) is 4.39 Å². The number of halogens is 1. The van der Waals surface area contributed by atoms with Crippen molar-refractivity contribution in [3.8, 4) is 6.07 Å². The van der Waals surface area contributed by atoms with Gasteiger partial charge in [-0.2, -0.15) is 5.26 Å². The molecule has 2 atom stereocenters. The fraction of sp³-hybridized carbons (Fsp3) is 0.562. The van der Waals surface area contributed by atoms with Crippen LogP contribution in [0.25, 0.3) is 0 Å². The van der Waals surface area contributed by atoms with Crippen LogP contribution < -0.4 is 5.32 Å². The van der Waals surface area contributed by atoms with E-state index < -0.39 is 5.82 Å². The molecule has 102 valence electrons. The second-order valence-corrected chi connectivity index (χ2v) is 5.92. The number of nitrogens with zero attached hydrogens (tertiary/aromatic N) is 1. The SMILES string of the molecule is CC1CC(C)CC(NCc2ccc(F)c(C#N)c2)C1. The highest BCUT2D eigenvalue weighted by Crippen LogP contribution is 2.28. The fourth-order valence-corrected chi connectivity index (χ4v) is 3.14. The van der Waals surface area contributed by atoms with Gasteiger partial charge in [0.05, 0.1) is 5.56 Å². The molecular formula is C16H21FN2. The summed E-state index contributed by atoms with van der Waals surface area (Å²) in [6.45, 7) is 5.31. The van der Waals surface area contributed by atoms with Gasteiger partial charge in [-0.3, -0.25) is 0 Å². The largest absolute Gasteiger partial charge is 0.310 e. The van der Waals surface area contributed by atoms with E-state index in [0.717, 1.165) is 17.4 Å². The molecule has 0 radical (unpaired) electrons. The van der Waals surface area contributed by atoms with Crippen LogP contribution in [0.1, 0.15) is 44.2 Å². The van der Waals surface area contributed by atoms with Crippen molar-refractivity contribution in [2.75, 3.05) is 0 Å². The normalized spacial score (nSPS) is 26.9. The first-order chi connectivity index (χ1) is 9.08. The molecule has 2 rings (SSSR count). The molecule has 19 heavy (non-hydrogen) atoms. The molecule has 2 nitrogen and oxygen atoms in total. The highest BCUT2D eigenvalue weighted by molar-refractivity contribution is 5.34. The Bertz CT molecular complexity index is 468. The molecular weight excluding hydrogens is 239 g/mol. The first-order valence-corrected chi connectivity index (χ1v) is 7.00. The van der Waals surface area contributed by atoms with Gasteiger partial charge in [-0.15, -0.1) is 0 Å². The van der Waals surface area contributed by atoms with Crippen LogP contribution in [0.5, 0.6) is 0 Å². The van der Waals surface area contributed by atoms with Crippen molar-refractivity contribution in [2.24, 2.45) is 11.8 Å². The molecule has 0 saturated heterocycles. The molecule has 3 heteroatoms. The van der Waals surface area contributed by atoms with E-state index in [2.05, 4.69) is 19.2 Å². The average molecular weight is 260 g/mol. The van der Waals surface area contributed by atoms with Crippen molar-refractivity contribution in [1.29, 1.82) is 5.26 Å². The Morgan fingerprint density at radius 2 is 1.95 bits per heavy atom. The Kier molecular flexibility index (Phi) is 4.55. The maximum absolute atomic E-state index is 13.2. The number of nitrogens with one attached hydrogen (secondary N) is 1. The monoisotopic (exact) mass is 260 g/mol. The molecule has 1 fully saturated rings. The Labute approximate surface area is 114 Å². The molecule has 1 aliphatic carbocycles. The fourth-order valence-electron chi connectivity index (χ4n) is 3.14. The van der Waals surface area contributed by atoms with Crippen LogP contribution in [-0.2, 0) is 6.54 Å². The van der Waals surface area contributed by atoms with Gasteiger partial charge in [-0.25, -0.2) is 4.39 Å². The maximum atomic E-state index is 13.2. The highest BCUT2D eigenvalue weighted by atomic mass is 19.1. The summed E-state index contributed by atoms with van der Waals surface area (Å²) in [6, 6.07) is 7.18. The third-order valence-electron chi connectivity index (χ3n) is 3.92. The Hall–Kier alpha value is -1.40. The number of hydrogen-bond donors (Lipinski definition) is 1. The van der Waals surface area contributed by atoms with E-state index in [9.17, 15) is 4.39 Å². The second kappa shape index (κ2) is 6.16. The van der Waals surface area contributed by atoms with Gasteiger partial charge < -0.3 is 5.32 Å². The predicted molar refractivity (Wildman–Crippen MR) is 73.9 cm³/mol. The summed E-state index contributed by atoms with van der Waals surface area (Å²) in [5.41, 5.74) is 1.11. The number of hydrogen-bond acceptors (Lipinski definition) is 2. The Morgan fingerprint density at radius 3 is 2.58 bits per heavy atom. The summed E-state index contributed by atoms with van der Waals surface area (Å²) in [4.78, 5) is 0. The van der Waals surface area contributed by atoms with Crippen LogP contribution >= 0.6 is 0 Å². The van der Waals surface area contributed by atoms with Crippen LogP contribution in [0, 0.1) is 29.0 Å². The molecule has 0 aromatic heterocycles. The van der Waals surface area contributed by atoms with Gasteiger partial charge in [0.1, 0.15) is 11.9 Å². The minimum atomic E-state index is -0.439. The van der Waals surface area contributed by atoms with E-state index in [0.29, 0.717) is 12.6 Å². The standard InChI is InChI=1S/C16H21FN2/c1-11-5-12(2)7-15(6-11)19-10-13-3-4-16(17)14(8-13)9-18/h3-4,8,11-12,15,19H,5-7,10H2,1-2H3. The molecule has 1 N–H and O–H groups in total. The highest BCUT2D eigenvalue weighted by Gasteiger charge is 2.23. The van der Waals surface area contributed by atoms with Crippen molar-refractivity contribution in [3.05, 3.63) is 35.1 Å². The van der Waals surface area contributed by atoms with E-state index >= 15 is 0 Å². The Morgan fingerprint density at radius 1 is 1.26 bits per heavy atom. The minimum absolute atomic E-state index is 0.129. The molecule has 0 bridgehead atoms. The third-order valence-corrected chi connectivity index (χ3v) is 3.92. The summed E-state index contributed by atoms with van der Waals surface area (Å²) in [5, 5.41) is 12.4. The molecule has 1 saturated carbocycles. The predicted octanol–water partition coefficient (Wildman–Crippen LogP) is 3.61. The second-order valence-electron chi connectivity index (χ2n) is 5.92. The van der Waals surface area contributed by atoms with E-state index in [4.69, 9.17) is 5.26 Å². The zero-order valence-electron chi connectivity index (χ0n) is 11.6. The van der Waals surface area contributed by atoms with Crippen molar-refractivity contribution in [2.45, 2.75) is 45.7 Å². The molecule has 1 aromatic carbocycles. The van der Waals surface area contributed by atoms with Crippen LogP contribution in [-0.4, -0.2) is 6.04 Å². The zero-order chi connectivity index (χ0) is 13.8. The van der Waals surface area contributed by atoms with Crippen molar-refractivity contribution in [3.63, 3.8) is 0 Å². The van der Waals surface area contributed by atoms with Crippen LogP contribution in [0.3, 0.4) is 0 Å². The molecule has 0 heterocycles. The van der Waals surface area contributed by atoms with Gasteiger partial charge in [-0.05, 0) is 48.8 Å². The van der Waals surface area contributed by atoms with Crippen molar-refractivity contribution < 1.29 is 4.39 Å². The first kappa shape index (κ1) is 14.0. The van der Waals surface area contributed by atoms with Gasteiger partial charge >= 0.3 is 0 Å². The van der Waals surface area contributed by atoms with E-state index in [1.165, 1.54) is 25.3 Å². The minimum Gasteiger partial charge on any atom is -0.310 e. The van der Waals surface area contributed by atoms with Gasteiger partial charge in [-0.1, -0.05) is 19.9 Å². The lowest BCUT2D eigenvalue weighted by Gasteiger charge is -2.32. The van der Waals surface area contributed by atoms with Gasteiger partial charge in [0.2, 0.25) is 0 Å². The molecule has 0 aliphatic heterocycles. The average Bonchev–Trinajstić information content (AvgIpc) is 2.36. The van der Waals surface area contributed by atoms with Gasteiger partial charge in [0, 0.05) is 12.6 Å². The number of rotatable bonds is 3. The topological polar surface area (TPSA) is 35.8 Å². The molecule has 2 unspecified atom stereocenters. The first-order valence-electron chi connectivity index (χ1n) is 7.00. The quantitative estimate of drug-likeness (QED) is 0.901. The summed E-state index contributed by atoms with van der Waals surface area (Å²) in [5.74, 6) is 1.10. The molecule has 0 amide bonds. The van der Waals surface area contributed by atoms with Crippen LogP contribution in [0.2, 0.25) is 0 Å². The van der Waals surface area contributed by atoms with E-state index in [-0.39, 0.29) is 5.56 Å². The third kappa shape index (κ3) is 3.78. The summed E-state index contributed by atoms with van der Waals surface area (Å²) in [7, 11) is 0. The van der Waals surface area contributed by atoms with Gasteiger partial charge in [0.25, 0.3) is 0 Å². The zero-order valence-corrected chi connectivity index (χ0v) is 11.6. The van der Waals surface area contributed by atoms with Crippen molar-refractivity contribution in [1.82, 2.24) is 5.32 Å². The molecule has 0 spiro atoms. The lowest BCUT2D eigenvalue weighted by molar-refractivity contribution is 0.238. The Balaban J connectivity index is 1.93. The lowest BCUT2D eigenvalue weighted by atomic mass is 9.80. The summed E-state index contributed by atoms with van der Waals surface area (Å²) < 4.78 is 13.2. The number of benzene rings is 1. The smallest absolute Gasteiger partial charge is 0.140 e. The maximum Gasteiger partial charge on any atom is 0.140 e. The van der Waals surface area contributed by atoms with Crippen LogP contribution in [0.15, 0.2) is 18.2 Å². The van der Waals surface area contributed by atoms with Gasteiger partial charge in [0.15, 0.2) is 0 Å². The molecule has 1 aliphatic rings. The van der Waals surface area contributed by atoms with E-state index in [1.807, 2.05) is 6.07 Å². The molecule has 1 aromatic rings. The summed E-state index contributed by atoms with van der Waals surface area (Å²) >= 11 is 0. The summed E-state index contributed by atoms with van der Waals surface area (Å²) in [6.07, 6.45) is 3.72. The lowest BCUT2D eigenvalue weighted by Crippen LogP contribution is -2.35. The number of nitriles is 1.